The van der Waals surface area contributed by atoms with Crippen LogP contribution >= 0.6 is 0 Å². The van der Waals surface area contributed by atoms with Crippen LogP contribution in [0.3, 0.4) is 0 Å². The Labute approximate surface area is 104 Å². The minimum absolute atomic E-state index is 0.0639. The molecule has 100 valence electrons. The second-order valence-corrected chi connectivity index (χ2v) is 3.90. The number of hydrogen-bond donors (Lipinski definition) is 0. The molecule has 0 unspecified atom stereocenters. The average Bonchev–Trinajstić information content (AvgIpc) is 2.29. The van der Waals surface area contributed by atoms with E-state index in [-0.39, 0.29) is 24.6 Å². The van der Waals surface area contributed by atoms with Crippen molar-refractivity contribution in [1.82, 2.24) is 0 Å². The fraction of sp³-hybridized carbons (Fsp3) is 0.462. The molecule has 0 aromatic heterocycles. The van der Waals surface area contributed by atoms with E-state index in [0.29, 0.717) is 6.42 Å². The van der Waals surface area contributed by atoms with Crippen molar-refractivity contribution in [2.75, 3.05) is 11.4 Å². The largest absolute Gasteiger partial charge is 0.418 e. The summed E-state index contributed by atoms with van der Waals surface area (Å²) in [6.45, 7) is 3.72. The molecule has 0 saturated carbocycles. The van der Waals surface area contributed by atoms with Gasteiger partial charge >= 0.3 is 6.18 Å². The Bertz CT molecular complexity index is 415. The lowest BCUT2D eigenvalue weighted by Crippen LogP contribution is -2.32. The van der Waals surface area contributed by atoms with Gasteiger partial charge < -0.3 is 4.90 Å². The Balaban J connectivity index is 3.18. The molecule has 0 heterocycles. The highest BCUT2D eigenvalue weighted by Crippen LogP contribution is 2.36. The minimum Gasteiger partial charge on any atom is -0.312 e. The molecule has 0 radical (unpaired) electrons. The highest BCUT2D eigenvalue weighted by Gasteiger charge is 2.35. The third kappa shape index (κ3) is 3.24. The summed E-state index contributed by atoms with van der Waals surface area (Å²) >= 11 is 0. The lowest BCUT2D eigenvalue weighted by Gasteiger charge is -2.24. The van der Waals surface area contributed by atoms with Gasteiger partial charge in [0, 0.05) is 13.0 Å². The van der Waals surface area contributed by atoms with Gasteiger partial charge in [0.05, 0.1) is 11.3 Å². The van der Waals surface area contributed by atoms with Crippen LogP contribution in [-0.2, 0) is 11.0 Å². The highest BCUT2D eigenvalue weighted by atomic mass is 19.4. The Morgan fingerprint density at radius 1 is 1.22 bits per heavy atom. The van der Waals surface area contributed by atoms with Crippen molar-refractivity contribution < 1.29 is 18.0 Å². The van der Waals surface area contributed by atoms with Crippen LogP contribution in [0.1, 0.15) is 32.3 Å². The number of carbonyl (C=O) groups excluding carboxylic acids is 1. The number of alkyl halides is 3. The van der Waals surface area contributed by atoms with Crippen LogP contribution in [-0.4, -0.2) is 12.5 Å². The maximum atomic E-state index is 12.9. The number of para-hydroxylation sites is 1. The molecule has 0 bridgehead atoms. The van der Waals surface area contributed by atoms with E-state index < -0.39 is 11.7 Å². The molecule has 0 N–H and O–H groups in total. The third-order valence-corrected chi connectivity index (χ3v) is 2.58. The summed E-state index contributed by atoms with van der Waals surface area (Å²) in [6.07, 6.45) is -3.58. The molecule has 18 heavy (non-hydrogen) atoms. The molecular formula is C13H16F3NO. The van der Waals surface area contributed by atoms with Gasteiger partial charge in [-0.05, 0) is 25.5 Å². The van der Waals surface area contributed by atoms with Crippen molar-refractivity contribution >= 4 is 11.6 Å². The number of amides is 1. The van der Waals surface area contributed by atoms with Crippen LogP contribution in [0.5, 0.6) is 0 Å². The van der Waals surface area contributed by atoms with E-state index in [1.165, 1.54) is 23.1 Å². The number of benzene rings is 1. The van der Waals surface area contributed by atoms with E-state index in [0.717, 1.165) is 6.07 Å². The van der Waals surface area contributed by atoms with Crippen molar-refractivity contribution in [2.24, 2.45) is 0 Å². The van der Waals surface area contributed by atoms with Crippen molar-refractivity contribution in [3.63, 3.8) is 0 Å². The molecule has 1 amide bonds. The smallest absolute Gasteiger partial charge is 0.312 e. The number of nitrogens with zero attached hydrogens (tertiary/aromatic N) is 1. The minimum atomic E-state index is -4.45. The van der Waals surface area contributed by atoms with Crippen molar-refractivity contribution in [2.45, 2.75) is 32.9 Å². The third-order valence-electron chi connectivity index (χ3n) is 2.58. The maximum Gasteiger partial charge on any atom is 0.418 e. The van der Waals surface area contributed by atoms with E-state index in [1.54, 1.807) is 6.92 Å². The summed E-state index contributed by atoms with van der Waals surface area (Å²) in [5.74, 6) is -0.281. The second kappa shape index (κ2) is 5.89. The number of rotatable bonds is 4. The topological polar surface area (TPSA) is 20.3 Å². The predicted octanol–water partition coefficient (Wildman–Crippen LogP) is 3.86. The summed E-state index contributed by atoms with van der Waals surface area (Å²) in [6, 6.07) is 5.16. The summed E-state index contributed by atoms with van der Waals surface area (Å²) in [5.41, 5.74) is -0.831. The molecule has 1 rings (SSSR count). The Morgan fingerprint density at radius 3 is 2.33 bits per heavy atom. The SMILES string of the molecule is CCCC(=O)N(CC)c1ccccc1C(F)(F)F. The lowest BCUT2D eigenvalue weighted by molar-refractivity contribution is -0.137. The van der Waals surface area contributed by atoms with E-state index in [9.17, 15) is 18.0 Å². The summed E-state index contributed by atoms with van der Waals surface area (Å²) in [5, 5.41) is 0. The van der Waals surface area contributed by atoms with Gasteiger partial charge in [-0.2, -0.15) is 13.2 Å². The van der Waals surface area contributed by atoms with Gasteiger partial charge in [0.15, 0.2) is 0 Å². The first-order chi connectivity index (χ1) is 8.41. The van der Waals surface area contributed by atoms with Gasteiger partial charge in [0.1, 0.15) is 0 Å². The van der Waals surface area contributed by atoms with Gasteiger partial charge in [-0.1, -0.05) is 19.1 Å². The fourth-order valence-corrected chi connectivity index (χ4v) is 1.78. The molecule has 0 fully saturated rings. The Kier molecular flexibility index (Phi) is 4.76. The van der Waals surface area contributed by atoms with Crippen molar-refractivity contribution in [1.29, 1.82) is 0 Å². The van der Waals surface area contributed by atoms with E-state index in [2.05, 4.69) is 0 Å². The van der Waals surface area contributed by atoms with Crippen LogP contribution < -0.4 is 4.90 Å². The Morgan fingerprint density at radius 2 is 1.83 bits per heavy atom. The molecular weight excluding hydrogens is 243 g/mol. The molecule has 1 aromatic rings. The number of hydrogen-bond acceptors (Lipinski definition) is 1. The maximum absolute atomic E-state index is 12.9. The van der Waals surface area contributed by atoms with Crippen LogP contribution in [0, 0.1) is 0 Å². The van der Waals surface area contributed by atoms with E-state index >= 15 is 0 Å². The monoisotopic (exact) mass is 259 g/mol. The zero-order valence-electron chi connectivity index (χ0n) is 10.4. The lowest BCUT2D eigenvalue weighted by atomic mass is 10.1. The van der Waals surface area contributed by atoms with E-state index in [4.69, 9.17) is 0 Å². The standard InChI is InChI=1S/C13H16F3NO/c1-3-7-12(18)17(4-2)11-9-6-5-8-10(11)13(14,15)16/h5-6,8-9H,3-4,7H2,1-2H3. The van der Waals surface area contributed by atoms with Crippen molar-refractivity contribution in [3.05, 3.63) is 29.8 Å². The van der Waals surface area contributed by atoms with Crippen molar-refractivity contribution in [3.8, 4) is 0 Å². The molecule has 0 saturated heterocycles. The number of anilines is 1. The zero-order chi connectivity index (χ0) is 13.8. The first kappa shape index (κ1) is 14.5. The van der Waals surface area contributed by atoms with Crippen LogP contribution in [0.2, 0.25) is 0 Å². The molecule has 1 aromatic carbocycles. The average molecular weight is 259 g/mol. The summed E-state index contributed by atoms with van der Waals surface area (Å²) in [7, 11) is 0. The normalized spacial score (nSPS) is 11.4. The van der Waals surface area contributed by atoms with Crippen LogP contribution in [0.15, 0.2) is 24.3 Å². The molecule has 5 heteroatoms. The first-order valence-electron chi connectivity index (χ1n) is 5.88. The predicted molar refractivity (Wildman–Crippen MR) is 64.4 cm³/mol. The zero-order valence-corrected chi connectivity index (χ0v) is 10.4. The van der Waals surface area contributed by atoms with Gasteiger partial charge in [-0.3, -0.25) is 4.79 Å². The van der Waals surface area contributed by atoms with Crippen LogP contribution in [0.25, 0.3) is 0 Å². The fourth-order valence-electron chi connectivity index (χ4n) is 1.78. The quantitative estimate of drug-likeness (QED) is 0.804. The van der Waals surface area contributed by atoms with Gasteiger partial charge in [0.25, 0.3) is 0 Å². The second-order valence-electron chi connectivity index (χ2n) is 3.90. The highest BCUT2D eigenvalue weighted by molar-refractivity contribution is 5.94. The summed E-state index contributed by atoms with van der Waals surface area (Å²) in [4.78, 5) is 13.0. The molecule has 0 aliphatic carbocycles. The summed E-state index contributed by atoms with van der Waals surface area (Å²) < 4.78 is 38.6. The molecule has 0 aliphatic rings. The first-order valence-corrected chi connectivity index (χ1v) is 5.88. The Hall–Kier alpha value is -1.52. The van der Waals surface area contributed by atoms with E-state index in [1.807, 2.05) is 6.92 Å². The molecule has 2 nitrogen and oxygen atoms in total. The number of halogens is 3. The van der Waals surface area contributed by atoms with Gasteiger partial charge in [-0.15, -0.1) is 0 Å². The number of carbonyl (C=O) groups is 1. The molecule has 0 spiro atoms. The van der Waals surface area contributed by atoms with Crippen LogP contribution in [0.4, 0.5) is 18.9 Å². The van der Waals surface area contributed by atoms with Gasteiger partial charge in [-0.25, -0.2) is 0 Å². The molecule has 0 aliphatic heterocycles. The van der Waals surface area contributed by atoms with Gasteiger partial charge in [0.2, 0.25) is 5.91 Å². The molecule has 0 atom stereocenters.